The van der Waals surface area contributed by atoms with Gasteiger partial charge in [0.2, 0.25) is 0 Å². The molecule has 9 heteroatoms. The molecular formula is C22H35BN2O6. The van der Waals surface area contributed by atoms with Gasteiger partial charge in [-0.15, -0.1) is 0 Å². The second kappa shape index (κ2) is 7.71. The lowest BCUT2D eigenvalue weighted by molar-refractivity contribution is 0.00578. The van der Waals surface area contributed by atoms with Crippen molar-refractivity contribution < 1.29 is 28.4 Å². The fraction of sp³-hybridized carbons (Fsp3) is 0.636. The SMILES string of the molecule is CC(C)(C)c1cc(OC(N)=O)c(OC(N)=O)c(C(C)(C)C)c1B1OC(C)(C)C(C)(C)O1. The van der Waals surface area contributed by atoms with Crippen LogP contribution in [0.2, 0.25) is 0 Å². The zero-order chi connectivity index (χ0) is 24.2. The van der Waals surface area contributed by atoms with Crippen LogP contribution in [0.5, 0.6) is 11.5 Å². The molecule has 1 aliphatic rings. The molecule has 4 N–H and O–H groups in total. The van der Waals surface area contributed by atoms with Gasteiger partial charge in [0.05, 0.1) is 11.2 Å². The molecule has 2 amide bonds. The molecular weight excluding hydrogens is 399 g/mol. The van der Waals surface area contributed by atoms with E-state index in [0.717, 1.165) is 5.56 Å². The third-order valence-corrected chi connectivity index (χ3v) is 5.75. The van der Waals surface area contributed by atoms with E-state index in [2.05, 4.69) is 0 Å². The molecule has 0 aromatic heterocycles. The molecule has 0 spiro atoms. The van der Waals surface area contributed by atoms with E-state index < -0.39 is 41.3 Å². The highest BCUT2D eigenvalue weighted by molar-refractivity contribution is 6.63. The Balaban J connectivity index is 2.99. The maximum absolute atomic E-state index is 11.8. The molecule has 0 bridgehead atoms. The lowest BCUT2D eigenvalue weighted by Crippen LogP contribution is -2.45. The van der Waals surface area contributed by atoms with Gasteiger partial charge >= 0.3 is 19.3 Å². The van der Waals surface area contributed by atoms with Gasteiger partial charge in [-0.25, -0.2) is 9.59 Å². The number of amides is 2. The minimum atomic E-state index is -1.04. The van der Waals surface area contributed by atoms with Crippen molar-refractivity contribution in [3.63, 3.8) is 0 Å². The molecule has 0 aliphatic carbocycles. The number of rotatable bonds is 3. The van der Waals surface area contributed by atoms with Crippen molar-refractivity contribution in [3.05, 3.63) is 17.2 Å². The van der Waals surface area contributed by atoms with Crippen molar-refractivity contribution in [1.29, 1.82) is 0 Å². The number of carbonyl (C=O) groups excluding carboxylic acids is 2. The molecule has 31 heavy (non-hydrogen) atoms. The first kappa shape index (κ1) is 25.0. The fourth-order valence-corrected chi connectivity index (χ4v) is 3.61. The summed E-state index contributed by atoms with van der Waals surface area (Å²) >= 11 is 0. The number of benzene rings is 1. The molecule has 0 saturated carbocycles. The zero-order valence-electron chi connectivity index (χ0n) is 20.3. The molecule has 1 aromatic rings. The highest BCUT2D eigenvalue weighted by Crippen LogP contribution is 2.44. The summed E-state index contributed by atoms with van der Waals surface area (Å²) in [4.78, 5) is 23.4. The van der Waals surface area contributed by atoms with Crippen LogP contribution in [0.15, 0.2) is 6.07 Å². The molecule has 0 atom stereocenters. The van der Waals surface area contributed by atoms with E-state index in [9.17, 15) is 9.59 Å². The third-order valence-electron chi connectivity index (χ3n) is 5.75. The highest BCUT2D eigenvalue weighted by Gasteiger charge is 2.54. The summed E-state index contributed by atoms with van der Waals surface area (Å²) in [5.74, 6) is 0.0397. The second-order valence-electron chi connectivity index (χ2n) is 11.0. The van der Waals surface area contributed by atoms with E-state index >= 15 is 0 Å². The monoisotopic (exact) mass is 434 g/mol. The first-order valence-electron chi connectivity index (χ1n) is 10.3. The van der Waals surface area contributed by atoms with Gasteiger partial charge in [0.25, 0.3) is 0 Å². The number of hydrogen-bond acceptors (Lipinski definition) is 6. The van der Waals surface area contributed by atoms with Crippen LogP contribution in [0.25, 0.3) is 0 Å². The smallest absolute Gasteiger partial charge is 0.406 e. The van der Waals surface area contributed by atoms with Gasteiger partial charge in [-0.2, -0.15) is 0 Å². The summed E-state index contributed by atoms with van der Waals surface area (Å²) < 4.78 is 23.4. The summed E-state index contributed by atoms with van der Waals surface area (Å²) in [5, 5.41) is 0. The lowest BCUT2D eigenvalue weighted by Gasteiger charge is -2.33. The molecule has 1 aromatic carbocycles. The van der Waals surface area contributed by atoms with Crippen LogP contribution in [0.3, 0.4) is 0 Å². The Morgan fingerprint density at radius 2 is 1.32 bits per heavy atom. The van der Waals surface area contributed by atoms with Crippen LogP contribution in [-0.4, -0.2) is 30.5 Å². The standard InChI is InChI=1S/C22H35BN2O6/c1-19(2,3)12-11-13(28-17(24)26)16(29-18(25)27)14(20(4,5)6)15(12)23-30-21(7,8)22(9,10)31-23/h11H,1-10H3,(H2,24,26)(H2,25,27). The summed E-state index contributed by atoms with van der Waals surface area (Å²) in [7, 11) is -0.744. The Hall–Kier alpha value is -2.26. The number of hydrogen-bond donors (Lipinski definition) is 2. The van der Waals surface area contributed by atoms with Crippen molar-refractivity contribution in [2.45, 2.75) is 91.3 Å². The van der Waals surface area contributed by atoms with Gasteiger partial charge in [-0.1, -0.05) is 41.5 Å². The number of ether oxygens (including phenoxy) is 2. The third kappa shape index (κ3) is 4.98. The van der Waals surface area contributed by atoms with E-state index in [4.69, 9.17) is 30.2 Å². The van der Waals surface area contributed by atoms with Crippen LogP contribution in [0.1, 0.15) is 80.4 Å². The van der Waals surface area contributed by atoms with Crippen LogP contribution in [-0.2, 0) is 20.1 Å². The number of primary amides is 2. The van der Waals surface area contributed by atoms with E-state index in [0.29, 0.717) is 11.0 Å². The number of nitrogens with two attached hydrogens (primary N) is 2. The van der Waals surface area contributed by atoms with Gasteiger partial charge in [0, 0.05) is 5.56 Å². The van der Waals surface area contributed by atoms with Gasteiger partial charge in [-0.3, -0.25) is 0 Å². The Morgan fingerprint density at radius 3 is 1.68 bits per heavy atom. The molecule has 2 rings (SSSR count). The Morgan fingerprint density at radius 1 is 0.871 bits per heavy atom. The minimum absolute atomic E-state index is 0.0152. The van der Waals surface area contributed by atoms with Gasteiger partial charge in [0.15, 0.2) is 11.5 Å². The quantitative estimate of drug-likeness (QED) is 0.702. The van der Waals surface area contributed by atoms with E-state index in [1.54, 1.807) is 6.07 Å². The highest BCUT2D eigenvalue weighted by atomic mass is 16.7. The van der Waals surface area contributed by atoms with E-state index in [1.807, 2.05) is 69.2 Å². The summed E-state index contributed by atoms with van der Waals surface area (Å²) in [6, 6.07) is 1.64. The van der Waals surface area contributed by atoms with Crippen LogP contribution >= 0.6 is 0 Å². The Kier molecular flexibility index (Phi) is 6.22. The number of carbonyl (C=O) groups is 2. The predicted molar refractivity (Wildman–Crippen MR) is 120 cm³/mol. The van der Waals surface area contributed by atoms with Gasteiger partial charge in [0.1, 0.15) is 0 Å². The average Bonchev–Trinajstić information content (AvgIpc) is 2.72. The van der Waals surface area contributed by atoms with E-state index in [-0.39, 0.29) is 11.5 Å². The van der Waals surface area contributed by atoms with Crippen LogP contribution in [0.4, 0.5) is 9.59 Å². The topological polar surface area (TPSA) is 123 Å². The van der Waals surface area contributed by atoms with E-state index in [1.165, 1.54) is 0 Å². The molecule has 0 radical (unpaired) electrons. The molecule has 1 saturated heterocycles. The second-order valence-corrected chi connectivity index (χ2v) is 11.0. The maximum Gasteiger partial charge on any atom is 0.495 e. The molecule has 172 valence electrons. The molecule has 1 heterocycles. The maximum atomic E-state index is 11.8. The van der Waals surface area contributed by atoms with Gasteiger partial charge < -0.3 is 30.2 Å². The minimum Gasteiger partial charge on any atom is -0.406 e. The van der Waals surface area contributed by atoms with Crippen molar-refractivity contribution in [1.82, 2.24) is 0 Å². The van der Waals surface area contributed by atoms with Crippen LogP contribution in [0, 0.1) is 0 Å². The Labute approximate surface area is 185 Å². The molecule has 8 nitrogen and oxygen atoms in total. The molecule has 1 aliphatic heterocycles. The van der Waals surface area contributed by atoms with Crippen molar-refractivity contribution in [2.24, 2.45) is 11.5 Å². The summed E-state index contributed by atoms with van der Waals surface area (Å²) in [5.41, 5.74) is 10.6. The first-order chi connectivity index (χ1) is 13.8. The average molecular weight is 434 g/mol. The normalized spacial score (nSPS) is 18.1. The zero-order valence-corrected chi connectivity index (χ0v) is 20.3. The van der Waals surface area contributed by atoms with Crippen molar-refractivity contribution in [2.75, 3.05) is 0 Å². The van der Waals surface area contributed by atoms with Crippen LogP contribution < -0.4 is 26.4 Å². The lowest BCUT2D eigenvalue weighted by atomic mass is 9.63. The van der Waals surface area contributed by atoms with Gasteiger partial charge in [-0.05, 0) is 55.6 Å². The Bertz CT molecular complexity index is 881. The molecule has 1 fully saturated rings. The van der Waals surface area contributed by atoms with Crippen molar-refractivity contribution in [3.8, 4) is 11.5 Å². The first-order valence-corrected chi connectivity index (χ1v) is 10.3. The summed E-state index contributed by atoms with van der Waals surface area (Å²) in [6.45, 7) is 19.8. The largest absolute Gasteiger partial charge is 0.495 e. The summed E-state index contributed by atoms with van der Waals surface area (Å²) in [6.07, 6.45) is -2.07. The molecule has 0 unspecified atom stereocenters. The van der Waals surface area contributed by atoms with Crippen molar-refractivity contribution >= 4 is 24.8 Å². The fourth-order valence-electron chi connectivity index (χ4n) is 3.61. The predicted octanol–water partition coefficient (Wildman–Crippen LogP) is 3.50.